The fourth-order valence-corrected chi connectivity index (χ4v) is 2.52. The molecule has 0 aliphatic rings. The van der Waals surface area contributed by atoms with E-state index in [1.54, 1.807) is 63.7 Å². The molecule has 0 bridgehead atoms. The molecule has 0 atom stereocenters. The number of rotatable bonds is 5. The van der Waals surface area contributed by atoms with E-state index in [2.05, 4.69) is 17.1 Å². The molecule has 0 aliphatic carbocycles. The van der Waals surface area contributed by atoms with Crippen LogP contribution in [0.15, 0.2) is 42.5 Å². The molecule has 1 aromatic heterocycles. The molecular formula is C22H25N3O5. The number of fused-ring (bicyclic) bond motifs is 1. The average molecular weight is 411 g/mol. The summed E-state index contributed by atoms with van der Waals surface area (Å²) in [5.41, 5.74) is 5.37. The SMILES string of the molecule is C=C(C)C(=O)Oc1cc(O)c(Nn2[nH]c3cc(OC(=O)C(C)(C)C)ccc32)cc1C. The summed E-state index contributed by atoms with van der Waals surface area (Å²) in [6.07, 6.45) is 0. The number of H-pyrrole nitrogens is 1. The molecule has 3 aromatic rings. The first-order chi connectivity index (χ1) is 14.0. The van der Waals surface area contributed by atoms with Crippen molar-refractivity contribution in [2.75, 3.05) is 5.43 Å². The van der Waals surface area contributed by atoms with E-state index in [0.29, 0.717) is 17.0 Å². The number of aromatic hydroxyl groups is 1. The second kappa shape index (κ2) is 7.62. The fourth-order valence-electron chi connectivity index (χ4n) is 2.52. The van der Waals surface area contributed by atoms with E-state index in [9.17, 15) is 14.7 Å². The highest BCUT2D eigenvalue weighted by Gasteiger charge is 2.24. The summed E-state index contributed by atoms with van der Waals surface area (Å²) in [5, 5.41) is 13.4. The lowest BCUT2D eigenvalue weighted by molar-refractivity contribution is -0.143. The van der Waals surface area contributed by atoms with Crippen LogP contribution in [0.4, 0.5) is 5.69 Å². The van der Waals surface area contributed by atoms with Crippen LogP contribution >= 0.6 is 0 Å². The molecular weight excluding hydrogens is 386 g/mol. The molecule has 30 heavy (non-hydrogen) atoms. The van der Waals surface area contributed by atoms with E-state index >= 15 is 0 Å². The molecule has 3 N–H and O–H groups in total. The average Bonchev–Trinajstić information content (AvgIpc) is 2.62. The summed E-state index contributed by atoms with van der Waals surface area (Å²) in [6.45, 7) is 12.2. The van der Waals surface area contributed by atoms with Crippen LogP contribution in [0.3, 0.4) is 0 Å². The standard InChI is InChI=1S/C22H25N3O5/c1-12(2)20(27)30-19-11-18(26)16(9-13(19)3)24-25-17-8-7-14(10-15(17)23-25)29-21(28)22(4,5)6/h7-11,23-24,26H,1H2,2-6H3. The van der Waals surface area contributed by atoms with Crippen molar-refractivity contribution in [2.24, 2.45) is 5.41 Å². The normalized spacial score (nSPS) is 11.4. The van der Waals surface area contributed by atoms with Crippen molar-refractivity contribution < 1.29 is 24.2 Å². The van der Waals surface area contributed by atoms with Crippen molar-refractivity contribution >= 4 is 28.7 Å². The number of nitrogens with one attached hydrogen (secondary N) is 2. The minimum atomic E-state index is -0.593. The summed E-state index contributed by atoms with van der Waals surface area (Å²) in [5.74, 6) is -0.253. The molecule has 0 radical (unpaired) electrons. The highest BCUT2D eigenvalue weighted by molar-refractivity contribution is 5.89. The lowest BCUT2D eigenvalue weighted by Crippen LogP contribution is -2.25. The molecule has 0 aliphatic heterocycles. The third-order valence-electron chi connectivity index (χ3n) is 4.34. The van der Waals surface area contributed by atoms with E-state index in [1.807, 2.05) is 0 Å². The largest absolute Gasteiger partial charge is 0.506 e. The van der Waals surface area contributed by atoms with Gasteiger partial charge in [-0.1, -0.05) is 6.58 Å². The van der Waals surface area contributed by atoms with Gasteiger partial charge < -0.3 is 14.6 Å². The zero-order chi connectivity index (χ0) is 22.2. The first-order valence-corrected chi connectivity index (χ1v) is 9.37. The topological polar surface area (TPSA) is 106 Å². The number of aromatic amines is 1. The zero-order valence-electron chi connectivity index (χ0n) is 17.6. The van der Waals surface area contributed by atoms with Crippen LogP contribution in [0.1, 0.15) is 33.3 Å². The minimum absolute atomic E-state index is 0.0870. The fraction of sp³-hybridized carbons (Fsp3) is 0.273. The van der Waals surface area contributed by atoms with Crippen LogP contribution in [0.2, 0.25) is 0 Å². The van der Waals surface area contributed by atoms with Gasteiger partial charge in [0.05, 0.1) is 16.6 Å². The minimum Gasteiger partial charge on any atom is -0.506 e. The van der Waals surface area contributed by atoms with Gasteiger partial charge in [-0.15, -0.1) is 0 Å². The maximum atomic E-state index is 12.0. The van der Waals surface area contributed by atoms with Gasteiger partial charge in [-0.05, 0) is 58.4 Å². The van der Waals surface area contributed by atoms with Crippen LogP contribution < -0.4 is 14.9 Å². The Kier molecular flexibility index (Phi) is 5.35. The molecule has 0 unspecified atom stereocenters. The number of ether oxygens (including phenoxy) is 2. The van der Waals surface area contributed by atoms with Crippen molar-refractivity contribution in [3.63, 3.8) is 0 Å². The Hall–Kier alpha value is -3.68. The number of nitrogens with zero attached hydrogens (tertiary/aromatic N) is 1. The number of benzene rings is 2. The van der Waals surface area contributed by atoms with Crippen LogP contribution in [0.5, 0.6) is 17.2 Å². The highest BCUT2D eigenvalue weighted by atomic mass is 16.5. The van der Waals surface area contributed by atoms with E-state index < -0.39 is 11.4 Å². The van der Waals surface area contributed by atoms with Crippen molar-refractivity contribution in [3.05, 3.63) is 48.0 Å². The monoisotopic (exact) mass is 411 g/mol. The highest BCUT2D eigenvalue weighted by Crippen LogP contribution is 2.33. The van der Waals surface area contributed by atoms with Crippen molar-refractivity contribution in [2.45, 2.75) is 34.6 Å². The van der Waals surface area contributed by atoms with Gasteiger partial charge in [0, 0.05) is 17.7 Å². The molecule has 0 amide bonds. The number of carbonyl (C=O) groups is 2. The van der Waals surface area contributed by atoms with Gasteiger partial charge in [0.15, 0.2) is 0 Å². The molecule has 0 saturated heterocycles. The quantitative estimate of drug-likeness (QED) is 0.250. The first-order valence-electron chi connectivity index (χ1n) is 9.37. The first kappa shape index (κ1) is 21.0. The van der Waals surface area contributed by atoms with Gasteiger partial charge in [0.1, 0.15) is 22.8 Å². The van der Waals surface area contributed by atoms with Crippen LogP contribution in [-0.2, 0) is 9.59 Å². The number of carbonyl (C=O) groups excluding carboxylic acids is 2. The number of hydrogen-bond donors (Lipinski definition) is 3. The molecule has 0 spiro atoms. The second-order valence-electron chi connectivity index (χ2n) is 8.18. The Morgan fingerprint density at radius 3 is 2.47 bits per heavy atom. The summed E-state index contributed by atoms with van der Waals surface area (Å²) in [4.78, 5) is 25.3. The van der Waals surface area contributed by atoms with Crippen molar-refractivity contribution in [1.82, 2.24) is 9.89 Å². The summed E-state index contributed by atoms with van der Waals surface area (Å²) in [7, 11) is 0. The maximum Gasteiger partial charge on any atom is 0.338 e. The summed E-state index contributed by atoms with van der Waals surface area (Å²) in [6, 6.07) is 8.24. The van der Waals surface area contributed by atoms with E-state index in [1.165, 1.54) is 6.07 Å². The third kappa shape index (κ3) is 4.32. The van der Waals surface area contributed by atoms with Crippen molar-refractivity contribution in [3.8, 4) is 17.2 Å². The number of aromatic nitrogens is 2. The zero-order valence-corrected chi connectivity index (χ0v) is 17.6. The smallest absolute Gasteiger partial charge is 0.338 e. The van der Waals surface area contributed by atoms with Gasteiger partial charge in [0.2, 0.25) is 0 Å². The Balaban J connectivity index is 1.77. The molecule has 8 nitrogen and oxygen atoms in total. The molecule has 8 heteroatoms. The predicted octanol–water partition coefficient (Wildman–Crippen LogP) is 4.29. The van der Waals surface area contributed by atoms with E-state index in [4.69, 9.17) is 9.47 Å². The molecule has 2 aromatic carbocycles. The predicted molar refractivity (Wildman–Crippen MR) is 114 cm³/mol. The lowest BCUT2D eigenvalue weighted by atomic mass is 9.97. The number of hydrogen-bond acceptors (Lipinski definition) is 6. The number of phenolic OH excluding ortho intramolecular Hbond substituents is 1. The van der Waals surface area contributed by atoms with Crippen LogP contribution in [-0.4, -0.2) is 26.9 Å². The van der Waals surface area contributed by atoms with Gasteiger partial charge >= 0.3 is 11.9 Å². The molecule has 0 fully saturated rings. The van der Waals surface area contributed by atoms with E-state index in [0.717, 1.165) is 11.0 Å². The molecule has 3 rings (SSSR count). The Morgan fingerprint density at radius 2 is 1.87 bits per heavy atom. The molecule has 1 heterocycles. The van der Waals surface area contributed by atoms with Gasteiger partial charge in [-0.3, -0.25) is 15.3 Å². The maximum absolute atomic E-state index is 12.0. The molecule has 0 saturated carbocycles. The third-order valence-corrected chi connectivity index (χ3v) is 4.34. The van der Waals surface area contributed by atoms with Crippen molar-refractivity contribution in [1.29, 1.82) is 0 Å². The summed E-state index contributed by atoms with van der Waals surface area (Å²) >= 11 is 0. The van der Waals surface area contributed by atoms with Gasteiger partial charge in [0.25, 0.3) is 0 Å². The Labute approximate surface area is 174 Å². The number of aryl methyl sites for hydroxylation is 1. The Morgan fingerprint density at radius 1 is 1.17 bits per heavy atom. The Bertz CT molecular complexity index is 1150. The van der Waals surface area contributed by atoms with Gasteiger partial charge in [-0.25, -0.2) is 4.79 Å². The number of phenols is 1. The number of esters is 2. The second-order valence-corrected chi connectivity index (χ2v) is 8.18. The van der Waals surface area contributed by atoms with Crippen LogP contribution in [0.25, 0.3) is 11.0 Å². The number of anilines is 1. The van der Waals surface area contributed by atoms with E-state index in [-0.39, 0.29) is 23.0 Å². The summed E-state index contributed by atoms with van der Waals surface area (Å²) < 4.78 is 10.6. The van der Waals surface area contributed by atoms with Gasteiger partial charge in [-0.2, -0.15) is 4.79 Å². The lowest BCUT2D eigenvalue weighted by Gasteiger charge is -2.21. The van der Waals surface area contributed by atoms with Crippen LogP contribution in [0, 0.1) is 12.3 Å². The molecule has 158 valence electrons.